The van der Waals surface area contributed by atoms with Crippen molar-refractivity contribution in [3.05, 3.63) is 91.6 Å². The Morgan fingerprint density at radius 3 is 2.44 bits per heavy atom. The van der Waals surface area contributed by atoms with Crippen LogP contribution in [0, 0.1) is 20.8 Å². The van der Waals surface area contributed by atoms with E-state index in [4.69, 9.17) is 32.9 Å². The minimum absolute atomic E-state index is 0.0486. The first-order valence-electron chi connectivity index (χ1n) is 11.4. The maximum absolute atomic E-state index is 13.3. The van der Waals surface area contributed by atoms with Gasteiger partial charge >= 0.3 is 0 Å². The van der Waals surface area contributed by atoms with E-state index in [9.17, 15) is 4.79 Å². The van der Waals surface area contributed by atoms with E-state index in [1.54, 1.807) is 13.0 Å². The normalized spacial score (nSPS) is 11.6. The largest absolute Gasteiger partial charge is 0.470 e. The fraction of sp³-hybridized carbons (Fsp3) is 0.296. The molecule has 0 spiro atoms. The Bertz CT molecular complexity index is 1510. The van der Waals surface area contributed by atoms with E-state index in [0.29, 0.717) is 22.2 Å². The van der Waals surface area contributed by atoms with E-state index in [1.807, 2.05) is 50.4 Å². The van der Waals surface area contributed by atoms with Crippen LogP contribution in [0.15, 0.2) is 47.4 Å². The van der Waals surface area contributed by atoms with Gasteiger partial charge in [-0.1, -0.05) is 56.1 Å². The second-order valence-corrected chi connectivity index (χ2v) is 10.4. The summed E-state index contributed by atoms with van der Waals surface area (Å²) in [5, 5.41) is 0.241. The fourth-order valence-corrected chi connectivity index (χ4v) is 4.09. The Labute approximate surface area is 220 Å². The lowest BCUT2D eigenvalue weighted by atomic mass is 9.95. The summed E-state index contributed by atoms with van der Waals surface area (Å²) in [4.78, 5) is 31.5. The summed E-state index contributed by atoms with van der Waals surface area (Å²) in [6.45, 7) is 11.9. The molecule has 0 radical (unpaired) electrons. The smallest absolute Gasteiger partial charge is 0.280 e. The summed E-state index contributed by atoms with van der Waals surface area (Å²) >= 11 is 13.0. The molecule has 0 amide bonds. The predicted octanol–water partition coefficient (Wildman–Crippen LogP) is 6.19. The van der Waals surface area contributed by atoms with Gasteiger partial charge in [0.2, 0.25) is 5.88 Å². The minimum atomic E-state index is -0.481. The lowest BCUT2D eigenvalue weighted by molar-refractivity contribution is 0.287. The van der Waals surface area contributed by atoms with Crippen molar-refractivity contribution >= 4 is 23.2 Å². The molecule has 0 saturated carbocycles. The molecule has 4 rings (SSSR count). The second-order valence-electron chi connectivity index (χ2n) is 9.62. The zero-order valence-electron chi connectivity index (χ0n) is 21.1. The second kappa shape index (κ2) is 9.99. The molecule has 4 aromatic rings. The van der Waals surface area contributed by atoms with E-state index >= 15 is 0 Å². The van der Waals surface area contributed by atoms with Crippen LogP contribution in [0.3, 0.4) is 0 Å². The van der Waals surface area contributed by atoms with Crippen molar-refractivity contribution in [2.24, 2.45) is 0 Å². The number of halogens is 2. The Morgan fingerprint density at radius 2 is 1.75 bits per heavy atom. The summed E-state index contributed by atoms with van der Waals surface area (Å²) < 4.78 is 7.13. The Balaban J connectivity index is 1.75. The van der Waals surface area contributed by atoms with Crippen LogP contribution in [-0.2, 0) is 12.0 Å². The number of aromatic nitrogens is 5. The third-order valence-corrected chi connectivity index (χ3v) is 6.21. The van der Waals surface area contributed by atoms with Crippen LogP contribution >= 0.6 is 23.2 Å². The van der Waals surface area contributed by atoms with Gasteiger partial charge in [-0.05, 0) is 50.6 Å². The maximum Gasteiger partial charge on any atom is 0.280 e. The van der Waals surface area contributed by atoms with Crippen LogP contribution in [0.1, 0.15) is 49.4 Å². The Kier molecular flexibility index (Phi) is 7.16. The number of rotatable bonds is 5. The maximum atomic E-state index is 13.3. The fourth-order valence-electron chi connectivity index (χ4n) is 3.71. The number of aryl methyl sites for hydroxylation is 3. The molecule has 0 atom stereocenters. The van der Waals surface area contributed by atoms with Gasteiger partial charge in [-0.3, -0.25) is 14.3 Å². The average molecular weight is 524 g/mol. The monoisotopic (exact) mass is 523 g/mol. The first kappa shape index (κ1) is 25.8. The van der Waals surface area contributed by atoms with Crippen LogP contribution in [0.2, 0.25) is 10.0 Å². The van der Waals surface area contributed by atoms with Crippen LogP contribution in [0.25, 0.3) is 16.9 Å². The number of nitrogens with zero attached hydrogens (tertiary/aromatic N) is 5. The van der Waals surface area contributed by atoms with E-state index in [1.165, 1.54) is 4.57 Å². The van der Waals surface area contributed by atoms with Gasteiger partial charge in [0, 0.05) is 22.9 Å². The molecule has 0 N–H and O–H groups in total. The topological polar surface area (TPSA) is 82.8 Å². The average Bonchev–Trinajstić information content (AvgIpc) is 2.81. The van der Waals surface area contributed by atoms with E-state index in [-0.39, 0.29) is 22.9 Å². The number of ether oxygens (including phenoxy) is 1. The molecule has 0 fully saturated rings. The van der Waals surface area contributed by atoms with Crippen molar-refractivity contribution in [1.29, 1.82) is 0 Å². The number of pyridine rings is 1. The predicted molar refractivity (Wildman–Crippen MR) is 142 cm³/mol. The molecule has 7 nitrogen and oxygen atoms in total. The van der Waals surface area contributed by atoms with Crippen molar-refractivity contribution in [3.63, 3.8) is 0 Å². The van der Waals surface area contributed by atoms with Gasteiger partial charge in [-0.25, -0.2) is 9.97 Å². The lowest BCUT2D eigenvalue weighted by Crippen LogP contribution is -2.24. The van der Waals surface area contributed by atoms with Crippen LogP contribution in [-0.4, -0.2) is 24.5 Å². The van der Waals surface area contributed by atoms with Gasteiger partial charge in [-0.2, -0.15) is 4.98 Å². The molecule has 0 unspecified atom stereocenters. The summed E-state index contributed by atoms with van der Waals surface area (Å²) in [6.07, 6.45) is 1.81. The van der Waals surface area contributed by atoms with Gasteiger partial charge in [0.1, 0.15) is 18.3 Å². The van der Waals surface area contributed by atoms with Gasteiger partial charge in [0.05, 0.1) is 22.1 Å². The molecule has 0 aliphatic heterocycles. The first-order chi connectivity index (χ1) is 17.0. The zero-order chi connectivity index (χ0) is 26.2. The van der Waals surface area contributed by atoms with Crippen LogP contribution in [0.5, 0.6) is 5.88 Å². The molecular formula is C27H27Cl2N5O2. The van der Waals surface area contributed by atoms with E-state index in [2.05, 4.69) is 35.7 Å². The lowest BCUT2D eigenvalue weighted by Gasteiger charge is -2.19. The van der Waals surface area contributed by atoms with Crippen molar-refractivity contribution < 1.29 is 4.74 Å². The molecule has 186 valence electrons. The summed E-state index contributed by atoms with van der Waals surface area (Å²) in [5.41, 5.74) is 3.80. The molecule has 36 heavy (non-hydrogen) atoms. The third-order valence-electron chi connectivity index (χ3n) is 5.57. The number of benzene rings is 1. The highest BCUT2D eigenvalue weighted by atomic mass is 35.5. The van der Waals surface area contributed by atoms with Gasteiger partial charge in [-0.15, -0.1) is 0 Å². The Morgan fingerprint density at radius 1 is 1.00 bits per heavy atom. The molecule has 0 bridgehead atoms. The number of hydrogen-bond acceptors (Lipinski definition) is 6. The first-order valence-corrected chi connectivity index (χ1v) is 12.2. The standard InChI is InChI=1S/C27H27Cl2N5O2/c1-15-13-30-26(27(4,5)6)33-23(15)18-10-11-20(28)21(12-18)34-17(3)32-24(22(29)25(34)35)36-14-19-9-7-8-16(2)31-19/h7-13H,14H2,1-6H3. The Hall–Kier alpha value is -3.29. The minimum Gasteiger partial charge on any atom is -0.470 e. The van der Waals surface area contributed by atoms with Gasteiger partial charge < -0.3 is 4.74 Å². The van der Waals surface area contributed by atoms with Gasteiger partial charge in [0.15, 0.2) is 5.02 Å². The summed E-state index contributed by atoms with van der Waals surface area (Å²) in [7, 11) is 0. The SMILES string of the molecule is Cc1cccc(COc2nc(C)n(-c3cc(-c4nc(C(C)(C)C)ncc4C)ccc3Cl)c(=O)c2Cl)n1. The van der Waals surface area contributed by atoms with Crippen LogP contribution < -0.4 is 10.3 Å². The molecule has 9 heteroatoms. The van der Waals surface area contributed by atoms with Gasteiger partial charge in [0.25, 0.3) is 5.56 Å². The molecule has 3 aromatic heterocycles. The number of hydrogen-bond donors (Lipinski definition) is 0. The highest BCUT2D eigenvalue weighted by molar-refractivity contribution is 6.33. The molecule has 0 aliphatic rings. The van der Waals surface area contributed by atoms with Crippen molar-refractivity contribution in [3.8, 4) is 22.8 Å². The molecule has 1 aromatic carbocycles. The molecule has 3 heterocycles. The van der Waals surface area contributed by atoms with E-state index in [0.717, 1.165) is 28.3 Å². The zero-order valence-corrected chi connectivity index (χ0v) is 22.6. The molecular weight excluding hydrogens is 497 g/mol. The van der Waals surface area contributed by atoms with Crippen LogP contribution in [0.4, 0.5) is 0 Å². The summed E-state index contributed by atoms with van der Waals surface area (Å²) in [5.74, 6) is 1.15. The highest BCUT2D eigenvalue weighted by Gasteiger charge is 2.21. The van der Waals surface area contributed by atoms with Crippen molar-refractivity contribution in [2.45, 2.75) is 53.6 Å². The van der Waals surface area contributed by atoms with E-state index < -0.39 is 5.56 Å². The van der Waals surface area contributed by atoms with Crippen molar-refractivity contribution in [1.82, 2.24) is 24.5 Å². The third kappa shape index (κ3) is 5.27. The summed E-state index contributed by atoms with van der Waals surface area (Å²) in [6, 6.07) is 11.0. The molecule has 0 aliphatic carbocycles. The van der Waals surface area contributed by atoms with Crippen molar-refractivity contribution in [2.75, 3.05) is 0 Å². The highest BCUT2D eigenvalue weighted by Crippen LogP contribution is 2.31. The molecule has 0 saturated heterocycles. The quantitative estimate of drug-likeness (QED) is 0.310.